The van der Waals surface area contributed by atoms with E-state index in [2.05, 4.69) is 26.3 Å². The fourth-order valence-electron chi connectivity index (χ4n) is 1.87. The van der Waals surface area contributed by atoms with Crippen LogP contribution in [-0.4, -0.2) is 28.0 Å². The molecule has 0 aliphatic rings. The third-order valence-electron chi connectivity index (χ3n) is 3.01. The quantitative estimate of drug-likeness (QED) is 0.680. The second-order valence-corrected chi connectivity index (χ2v) is 5.34. The van der Waals surface area contributed by atoms with Gasteiger partial charge in [-0.05, 0) is 40.0 Å². The number of aliphatic hydroxyl groups is 1. The molecule has 2 aromatic rings. The molecule has 0 unspecified atom stereocenters. The van der Waals surface area contributed by atoms with Crippen LogP contribution >= 0.6 is 15.9 Å². The Hall–Kier alpha value is -1.86. The molecule has 0 atom stereocenters. The maximum Gasteiger partial charge on any atom is 0.283 e. The zero-order valence-corrected chi connectivity index (χ0v) is 13.0. The molecule has 7 heteroatoms. The average molecular weight is 353 g/mol. The minimum absolute atomic E-state index is 0.122. The zero-order chi connectivity index (χ0) is 15.2. The molecule has 1 aromatic carbocycles. The van der Waals surface area contributed by atoms with E-state index in [0.29, 0.717) is 16.7 Å². The van der Waals surface area contributed by atoms with Gasteiger partial charge in [0.15, 0.2) is 0 Å². The molecule has 0 aliphatic carbocycles. The summed E-state index contributed by atoms with van der Waals surface area (Å²) in [7, 11) is 0. The summed E-state index contributed by atoms with van der Waals surface area (Å²) in [5, 5.41) is 16.0. The largest absolute Gasteiger partial charge is 0.399 e. The van der Waals surface area contributed by atoms with Crippen LogP contribution in [0.15, 0.2) is 39.7 Å². The van der Waals surface area contributed by atoms with Crippen LogP contribution < -0.4 is 16.6 Å². The van der Waals surface area contributed by atoms with E-state index in [0.717, 1.165) is 17.7 Å². The summed E-state index contributed by atoms with van der Waals surface area (Å²) in [4.78, 5) is 11.9. The van der Waals surface area contributed by atoms with Gasteiger partial charge < -0.3 is 16.2 Å². The summed E-state index contributed by atoms with van der Waals surface area (Å²) >= 11 is 3.26. The van der Waals surface area contributed by atoms with Crippen molar-refractivity contribution in [1.29, 1.82) is 0 Å². The van der Waals surface area contributed by atoms with Gasteiger partial charge in [0.2, 0.25) is 0 Å². The summed E-state index contributed by atoms with van der Waals surface area (Å²) in [6.45, 7) is 0.736. The molecule has 1 heterocycles. The second-order valence-electron chi connectivity index (χ2n) is 4.54. The Kier molecular flexibility index (Phi) is 5.35. The van der Waals surface area contributed by atoms with Crippen LogP contribution in [0.4, 0.5) is 11.4 Å². The van der Waals surface area contributed by atoms with Crippen molar-refractivity contribution in [2.75, 3.05) is 24.2 Å². The van der Waals surface area contributed by atoms with Gasteiger partial charge in [0.05, 0.1) is 25.0 Å². The lowest BCUT2D eigenvalue weighted by molar-refractivity contribution is 0.266. The topological polar surface area (TPSA) is 93.2 Å². The minimum Gasteiger partial charge on any atom is -0.399 e. The van der Waals surface area contributed by atoms with Gasteiger partial charge in [-0.2, -0.15) is 5.10 Å². The van der Waals surface area contributed by atoms with Gasteiger partial charge in [0, 0.05) is 12.2 Å². The number of hydrogen-bond donors (Lipinski definition) is 3. The molecule has 0 amide bonds. The Labute approximate surface area is 130 Å². The van der Waals surface area contributed by atoms with Crippen molar-refractivity contribution >= 4 is 27.3 Å². The van der Waals surface area contributed by atoms with Crippen molar-refractivity contribution in [2.24, 2.45) is 0 Å². The predicted octanol–water partition coefficient (Wildman–Crippen LogP) is 1.23. The molecule has 0 fully saturated rings. The first-order valence-electron chi connectivity index (χ1n) is 6.56. The number of nitrogen functional groups attached to an aromatic ring is 1. The zero-order valence-electron chi connectivity index (χ0n) is 11.4. The van der Waals surface area contributed by atoms with Crippen molar-refractivity contribution in [3.8, 4) is 0 Å². The molecule has 21 heavy (non-hydrogen) atoms. The standard InChI is InChI=1S/C14H17BrN4O2/c15-13-12(9-18-19(7-8-20)14(13)21)17-6-5-10-1-3-11(16)4-2-10/h1-4,9,17,20H,5-8,16H2. The molecule has 0 aliphatic heterocycles. The number of anilines is 2. The number of rotatable bonds is 6. The van der Waals surface area contributed by atoms with Gasteiger partial charge >= 0.3 is 0 Å². The van der Waals surface area contributed by atoms with Gasteiger partial charge in [-0.3, -0.25) is 4.79 Å². The fraction of sp³-hybridized carbons (Fsp3) is 0.286. The van der Waals surface area contributed by atoms with Gasteiger partial charge in [0.1, 0.15) is 4.47 Å². The smallest absolute Gasteiger partial charge is 0.283 e. The number of aromatic nitrogens is 2. The summed E-state index contributed by atoms with van der Waals surface area (Å²) in [5.74, 6) is 0. The highest BCUT2D eigenvalue weighted by molar-refractivity contribution is 9.10. The molecule has 6 nitrogen and oxygen atoms in total. The Morgan fingerprint density at radius 2 is 2.05 bits per heavy atom. The van der Waals surface area contributed by atoms with Gasteiger partial charge in [-0.1, -0.05) is 12.1 Å². The third kappa shape index (κ3) is 4.05. The van der Waals surface area contributed by atoms with E-state index >= 15 is 0 Å². The van der Waals surface area contributed by atoms with Crippen LogP contribution in [0, 0.1) is 0 Å². The van der Waals surface area contributed by atoms with Crippen molar-refractivity contribution in [2.45, 2.75) is 13.0 Å². The van der Waals surface area contributed by atoms with E-state index in [1.165, 1.54) is 4.68 Å². The highest BCUT2D eigenvalue weighted by atomic mass is 79.9. The Morgan fingerprint density at radius 3 is 2.71 bits per heavy atom. The molecular formula is C14H17BrN4O2. The third-order valence-corrected chi connectivity index (χ3v) is 3.77. The van der Waals surface area contributed by atoms with Crippen LogP contribution in [0.1, 0.15) is 5.56 Å². The lowest BCUT2D eigenvalue weighted by Gasteiger charge is -2.10. The number of aliphatic hydroxyl groups excluding tert-OH is 1. The first kappa shape index (κ1) is 15.5. The SMILES string of the molecule is Nc1ccc(CCNc2cnn(CCO)c(=O)c2Br)cc1. The molecule has 0 spiro atoms. The van der Waals surface area contributed by atoms with E-state index in [1.807, 2.05) is 24.3 Å². The molecular weight excluding hydrogens is 336 g/mol. The summed E-state index contributed by atoms with van der Waals surface area (Å²) in [6.07, 6.45) is 2.39. The molecule has 0 radical (unpaired) electrons. The Balaban J connectivity index is 1.99. The van der Waals surface area contributed by atoms with E-state index in [-0.39, 0.29) is 18.7 Å². The molecule has 1 aromatic heterocycles. The number of nitrogens with zero attached hydrogens (tertiary/aromatic N) is 2. The van der Waals surface area contributed by atoms with Crippen LogP contribution in [0.3, 0.4) is 0 Å². The lowest BCUT2D eigenvalue weighted by Crippen LogP contribution is -2.26. The number of hydrogen-bond acceptors (Lipinski definition) is 5. The highest BCUT2D eigenvalue weighted by Gasteiger charge is 2.08. The van der Waals surface area contributed by atoms with Gasteiger partial charge in [-0.15, -0.1) is 0 Å². The van der Waals surface area contributed by atoms with Crippen LogP contribution in [0.5, 0.6) is 0 Å². The number of nitrogens with one attached hydrogen (secondary N) is 1. The molecule has 4 N–H and O–H groups in total. The van der Waals surface area contributed by atoms with E-state index < -0.39 is 0 Å². The second kappa shape index (κ2) is 7.24. The minimum atomic E-state index is -0.262. The van der Waals surface area contributed by atoms with Crippen molar-refractivity contribution in [1.82, 2.24) is 9.78 Å². The number of halogens is 1. The van der Waals surface area contributed by atoms with E-state index in [4.69, 9.17) is 10.8 Å². The Bertz CT molecular complexity index is 655. The first-order valence-corrected chi connectivity index (χ1v) is 7.36. The first-order chi connectivity index (χ1) is 10.1. The van der Waals surface area contributed by atoms with Crippen LogP contribution in [-0.2, 0) is 13.0 Å². The molecule has 112 valence electrons. The van der Waals surface area contributed by atoms with Crippen LogP contribution in [0.2, 0.25) is 0 Å². The maximum atomic E-state index is 11.9. The molecule has 0 saturated heterocycles. The Morgan fingerprint density at radius 1 is 1.33 bits per heavy atom. The molecule has 0 bridgehead atoms. The summed E-state index contributed by atoms with van der Waals surface area (Å²) in [5.41, 5.74) is 7.92. The summed E-state index contributed by atoms with van der Waals surface area (Å²) < 4.78 is 1.64. The normalized spacial score (nSPS) is 10.6. The highest BCUT2D eigenvalue weighted by Crippen LogP contribution is 2.16. The van der Waals surface area contributed by atoms with Gasteiger partial charge in [0.25, 0.3) is 5.56 Å². The predicted molar refractivity (Wildman–Crippen MR) is 86.3 cm³/mol. The lowest BCUT2D eigenvalue weighted by atomic mass is 10.1. The summed E-state index contributed by atoms with van der Waals surface area (Å²) in [6, 6.07) is 7.68. The van der Waals surface area contributed by atoms with Crippen molar-refractivity contribution in [3.63, 3.8) is 0 Å². The molecule has 0 saturated carbocycles. The van der Waals surface area contributed by atoms with E-state index in [1.54, 1.807) is 6.20 Å². The monoisotopic (exact) mass is 352 g/mol. The van der Waals surface area contributed by atoms with E-state index in [9.17, 15) is 4.79 Å². The van der Waals surface area contributed by atoms with Crippen LogP contribution in [0.25, 0.3) is 0 Å². The average Bonchev–Trinajstić information content (AvgIpc) is 2.48. The van der Waals surface area contributed by atoms with Gasteiger partial charge in [-0.25, -0.2) is 4.68 Å². The maximum absolute atomic E-state index is 11.9. The number of benzene rings is 1. The van der Waals surface area contributed by atoms with Crippen molar-refractivity contribution in [3.05, 3.63) is 50.9 Å². The fourth-order valence-corrected chi connectivity index (χ4v) is 2.32. The number of nitrogens with two attached hydrogens (primary N) is 1. The molecule has 2 rings (SSSR count). The van der Waals surface area contributed by atoms with Crippen molar-refractivity contribution < 1.29 is 5.11 Å².